The van der Waals surface area contributed by atoms with E-state index in [2.05, 4.69) is 90.9 Å². The van der Waals surface area contributed by atoms with Gasteiger partial charge in [0.25, 0.3) is 0 Å². The first kappa shape index (κ1) is 22.5. The van der Waals surface area contributed by atoms with Gasteiger partial charge in [0.15, 0.2) is 0 Å². The zero-order valence-electron chi connectivity index (χ0n) is 19.8. The Morgan fingerprint density at radius 3 is 1.63 bits per heavy atom. The largest absolute Gasteiger partial charge is 0.489 e. The number of hydrogen-bond acceptors (Lipinski definition) is 2. The number of ether oxygens (including phenoxy) is 2. The Bertz CT molecular complexity index is 997. The van der Waals surface area contributed by atoms with Crippen LogP contribution in [0.3, 0.4) is 0 Å². The van der Waals surface area contributed by atoms with E-state index in [1.54, 1.807) is 0 Å². The Kier molecular flexibility index (Phi) is 6.95. The van der Waals surface area contributed by atoms with E-state index in [4.69, 9.17) is 9.47 Å². The molecule has 0 radical (unpaired) electrons. The van der Waals surface area contributed by atoms with Gasteiger partial charge in [-0.3, -0.25) is 0 Å². The molecule has 0 aromatic heterocycles. The second-order valence-corrected chi connectivity index (χ2v) is 9.65. The van der Waals surface area contributed by atoms with Crippen molar-refractivity contribution in [3.05, 3.63) is 48.0 Å². The molecule has 2 unspecified atom stereocenters. The third kappa shape index (κ3) is 4.74. The molecule has 0 N–H and O–H groups in total. The Morgan fingerprint density at radius 1 is 0.700 bits per heavy atom. The summed E-state index contributed by atoms with van der Waals surface area (Å²) in [6.45, 7) is 15.5. The van der Waals surface area contributed by atoms with Gasteiger partial charge in [0.05, 0.1) is 12.2 Å². The van der Waals surface area contributed by atoms with E-state index in [1.165, 1.54) is 5.56 Å². The van der Waals surface area contributed by atoms with E-state index >= 15 is 0 Å². The lowest BCUT2D eigenvalue weighted by Gasteiger charge is -2.25. The van der Waals surface area contributed by atoms with Gasteiger partial charge in [-0.1, -0.05) is 83.9 Å². The summed E-state index contributed by atoms with van der Waals surface area (Å²) >= 11 is 0. The highest BCUT2D eigenvalue weighted by molar-refractivity contribution is 6.11. The van der Waals surface area contributed by atoms with Gasteiger partial charge in [0, 0.05) is 21.5 Å². The van der Waals surface area contributed by atoms with E-state index in [0.29, 0.717) is 0 Å². The van der Waals surface area contributed by atoms with Gasteiger partial charge in [-0.15, -0.1) is 0 Å². The molecule has 2 heteroatoms. The van der Waals surface area contributed by atoms with Crippen LogP contribution in [0.25, 0.3) is 21.5 Å². The SMILES string of the molecule is CCCC(C)Oc1c2ccccc2c(OC(C)CCC)c2cc(C(C)(C)C)ccc12. The number of hydrogen-bond donors (Lipinski definition) is 0. The fourth-order valence-corrected chi connectivity index (χ4v) is 4.15. The minimum absolute atomic E-state index is 0.0721. The van der Waals surface area contributed by atoms with Crippen molar-refractivity contribution in [1.82, 2.24) is 0 Å². The Labute approximate surface area is 182 Å². The maximum absolute atomic E-state index is 6.60. The Balaban J connectivity index is 2.32. The highest BCUT2D eigenvalue weighted by Crippen LogP contribution is 2.45. The molecule has 3 rings (SSSR count). The average Bonchev–Trinajstić information content (AvgIpc) is 2.69. The minimum Gasteiger partial charge on any atom is -0.489 e. The normalized spacial score (nSPS) is 14.1. The standard InChI is InChI=1S/C28H38O2/c1-8-12-19(3)29-26-22-14-10-11-15-23(22)27(30-20(4)13-9-2)25-18-21(28(5,6)7)16-17-24(25)26/h10-11,14-20H,8-9,12-13H2,1-7H3. The van der Waals surface area contributed by atoms with Crippen LogP contribution in [-0.4, -0.2) is 12.2 Å². The Morgan fingerprint density at radius 2 is 1.17 bits per heavy atom. The summed E-state index contributed by atoms with van der Waals surface area (Å²) in [5.41, 5.74) is 1.38. The van der Waals surface area contributed by atoms with Crippen molar-refractivity contribution < 1.29 is 9.47 Å². The van der Waals surface area contributed by atoms with Gasteiger partial charge in [0.2, 0.25) is 0 Å². The second-order valence-electron chi connectivity index (χ2n) is 9.65. The lowest BCUT2D eigenvalue weighted by atomic mass is 9.85. The first-order valence-corrected chi connectivity index (χ1v) is 11.6. The van der Waals surface area contributed by atoms with Crippen molar-refractivity contribution in [3.8, 4) is 11.5 Å². The van der Waals surface area contributed by atoms with E-state index < -0.39 is 0 Å². The topological polar surface area (TPSA) is 18.5 Å². The van der Waals surface area contributed by atoms with Crippen LogP contribution in [0.5, 0.6) is 11.5 Å². The van der Waals surface area contributed by atoms with E-state index in [1.807, 2.05) is 0 Å². The average molecular weight is 407 g/mol. The van der Waals surface area contributed by atoms with Crippen molar-refractivity contribution >= 4 is 21.5 Å². The van der Waals surface area contributed by atoms with Crippen molar-refractivity contribution in [2.45, 2.75) is 91.8 Å². The summed E-state index contributed by atoms with van der Waals surface area (Å²) in [5, 5.41) is 4.57. The Hall–Kier alpha value is -2.22. The first-order valence-electron chi connectivity index (χ1n) is 11.6. The third-order valence-corrected chi connectivity index (χ3v) is 5.82. The van der Waals surface area contributed by atoms with Crippen LogP contribution in [0.2, 0.25) is 0 Å². The first-order chi connectivity index (χ1) is 14.3. The van der Waals surface area contributed by atoms with Crippen LogP contribution in [0.15, 0.2) is 42.5 Å². The predicted octanol–water partition coefficient (Wildman–Crippen LogP) is 8.43. The van der Waals surface area contributed by atoms with E-state index in [0.717, 1.165) is 58.7 Å². The molecule has 0 saturated heterocycles. The van der Waals surface area contributed by atoms with E-state index in [-0.39, 0.29) is 17.6 Å². The zero-order chi connectivity index (χ0) is 21.9. The van der Waals surface area contributed by atoms with Gasteiger partial charge in [-0.25, -0.2) is 0 Å². The molecule has 0 aliphatic heterocycles. The molecule has 0 spiro atoms. The quantitative estimate of drug-likeness (QED) is 0.349. The lowest BCUT2D eigenvalue weighted by Crippen LogP contribution is -2.15. The summed E-state index contributed by atoms with van der Waals surface area (Å²) < 4.78 is 13.2. The van der Waals surface area contributed by atoms with Gasteiger partial charge in [0.1, 0.15) is 11.5 Å². The van der Waals surface area contributed by atoms with Gasteiger partial charge < -0.3 is 9.47 Å². The molecule has 3 aromatic rings. The van der Waals surface area contributed by atoms with Gasteiger partial charge in [-0.2, -0.15) is 0 Å². The zero-order valence-corrected chi connectivity index (χ0v) is 19.8. The monoisotopic (exact) mass is 406 g/mol. The number of benzene rings is 3. The predicted molar refractivity (Wildman–Crippen MR) is 130 cm³/mol. The molecule has 0 amide bonds. The van der Waals surface area contributed by atoms with Crippen molar-refractivity contribution in [2.75, 3.05) is 0 Å². The maximum Gasteiger partial charge on any atom is 0.135 e. The van der Waals surface area contributed by atoms with Crippen LogP contribution in [0.1, 0.15) is 79.7 Å². The van der Waals surface area contributed by atoms with Gasteiger partial charge >= 0.3 is 0 Å². The summed E-state index contributed by atoms with van der Waals surface area (Å²) in [4.78, 5) is 0. The molecule has 0 heterocycles. The van der Waals surface area contributed by atoms with Crippen molar-refractivity contribution in [3.63, 3.8) is 0 Å². The molecular formula is C28H38O2. The molecule has 2 atom stereocenters. The molecular weight excluding hydrogens is 368 g/mol. The summed E-state index contributed by atoms with van der Waals surface area (Å²) in [7, 11) is 0. The van der Waals surface area contributed by atoms with Crippen LogP contribution < -0.4 is 9.47 Å². The molecule has 0 aliphatic rings. The number of fused-ring (bicyclic) bond motifs is 2. The van der Waals surface area contributed by atoms with Crippen LogP contribution in [0.4, 0.5) is 0 Å². The fourth-order valence-electron chi connectivity index (χ4n) is 4.15. The molecule has 0 saturated carbocycles. The smallest absolute Gasteiger partial charge is 0.135 e. The summed E-state index contributed by atoms with van der Waals surface area (Å²) in [6, 6.07) is 15.3. The maximum atomic E-state index is 6.60. The fraction of sp³-hybridized carbons (Fsp3) is 0.500. The summed E-state index contributed by atoms with van der Waals surface area (Å²) in [5.74, 6) is 1.97. The van der Waals surface area contributed by atoms with Crippen LogP contribution in [-0.2, 0) is 5.41 Å². The highest BCUT2D eigenvalue weighted by Gasteiger charge is 2.21. The lowest BCUT2D eigenvalue weighted by molar-refractivity contribution is 0.211. The number of rotatable bonds is 8. The van der Waals surface area contributed by atoms with Crippen molar-refractivity contribution in [1.29, 1.82) is 0 Å². The van der Waals surface area contributed by atoms with Gasteiger partial charge in [-0.05, 0) is 43.7 Å². The highest BCUT2D eigenvalue weighted by atomic mass is 16.5. The molecule has 0 aliphatic carbocycles. The third-order valence-electron chi connectivity index (χ3n) is 5.82. The van der Waals surface area contributed by atoms with Crippen LogP contribution in [0, 0.1) is 0 Å². The molecule has 3 aromatic carbocycles. The molecule has 0 bridgehead atoms. The molecule has 2 nitrogen and oxygen atoms in total. The molecule has 30 heavy (non-hydrogen) atoms. The molecule has 0 fully saturated rings. The minimum atomic E-state index is 0.0721. The second kappa shape index (κ2) is 9.29. The summed E-state index contributed by atoms with van der Waals surface area (Å²) in [6.07, 6.45) is 4.66. The molecule has 162 valence electrons. The van der Waals surface area contributed by atoms with Crippen LogP contribution >= 0.6 is 0 Å². The van der Waals surface area contributed by atoms with Crippen molar-refractivity contribution in [2.24, 2.45) is 0 Å². The van der Waals surface area contributed by atoms with E-state index in [9.17, 15) is 0 Å².